The standard InChI is InChI=1S/C20H28O4/c1-19-8-7-15-14-3-2-13(22)10-12(14)6-9-20(15,24)18(19)5-4-16(19)17(23)11-21/h10,14-16,18,21,24H,2-9,11H2,1H3/t14-,15-,16+,18-,19-,20-/m1/s1. The number of hydrogen-bond donors (Lipinski definition) is 2. The maximum atomic E-state index is 12.2. The van der Waals surface area contributed by atoms with E-state index in [0.717, 1.165) is 38.5 Å². The lowest BCUT2D eigenvalue weighted by molar-refractivity contribution is -0.173. The Labute approximate surface area is 143 Å². The normalized spacial score (nSPS) is 47.5. The van der Waals surface area contributed by atoms with Crippen molar-refractivity contribution in [3.63, 3.8) is 0 Å². The molecule has 0 aromatic rings. The van der Waals surface area contributed by atoms with Crippen LogP contribution in [-0.4, -0.2) is 34.0 Å². The first kappa shape index (κ1) is 16.5. The van der Waals surface area contributed by atoms with Gasteiger partial charge in [-0.2, -0.15) is 0 Å². The molecule has 3 saturated carbocycles. The van der Waals surface area contributed by atoms with Gasteiger partial charge in [0.15, 0.2) is 11.6 Å². The molecule has 4 rings (SSSR count). The SMILES string of the molecule is C[C@]12CC[C@@H]3[C@@H]4CCC(=O)C=C4CC[C@]3(O)[C@@H]1CC[C@H]2C(=O)CO. The quantitative estimate of drug-likeness (QED) is 0.814. The lowest BCUT2D eigenvalue weighted by atomic mass is 9.49. The van der Waals surface area contributed by atoms with E-state index in [0.29, 0.717) is 18.8 Å². The fraction of sp³-hybridized carbons (Fsp3) is 0.800. The number of rotatable bonds is 2. The topological polar surface area (TPSA) is 74.6 Å². The molecule has 24 heavy (non-hydrogen) atoms. The zero-order valence-corrected chi connectivity index (χ0v) is 14.5. The van der Waals surface area contributed by atoms with Gasteiger partial charge >= 0.3 is 0 Å². The van der Waals surface area contributed by atoms with Gasteiger partial charge in [0.25, 0.3) is 0 Å². The first-order chi connectivity index (χ1) is 11.4. The van der Waals surface area contributed by atoms with E-state index in [1.54, 1.807) is 0 Å². The van der Waals surface area contributed by atoms with Crippen LogP contribution in [0.5, 0.6) is 0 Å². The summed E-state index contributed by atoms with van der Waals surface area (Å²) in [4.78, 5) is 24.0. The van der Waals surface area contributed by atoms with Gasteiger partial charge in [0, 0.05) is 12.3 Å². The number of hydrogen-bond acceptors (Lipinski definition) is 4. The molecule has 0 spiro atoms. The second-order valence-corrected chi connectivity index (χ2v) is 8.78. The number of fused-ring (bicyclic) bond motifs is 5. The minimum absolute atomic E-state index is 0.0540. The number of allylic oxidation sites excluding steroid dienone is 1. The van der Waals surface area contributed by atoms with Crippen LogP contribution in [0.2, 0.25) is 0 Å². The van der Waals surface area contributed by atoms with Crippen LogP contribution in [0.1, 0.15) is 58.3 Å². The molecule has 0 bridgehead atoms. The Balaban J connectivity index is 1.66. The van der Waals surface area contributed by atoms with Crippen molar-refractivity contribution in [2.45, 2.75) is 63.9 Å². The lowest BCUT2D eigenvalue weighted by Crippen LogP contribution is -2.59. The molecule has 0 aromatic carbocycles. The highest BCUT2D eigenvalue weighted by Gasteiger charge is 2.63. The molecule has 4 nitrogen and oxygen atoms in total. The van der Waals surface area contributed by atoms with Crippen molar-refractivity contribution in [1.29, 1.82) is 0 Å². The van der Waals surface area contributed by atoms with Gasteiger partial charge in [-0.15, -0.1) is 0 Å². The Morgan fingerprint density at radius 3 is 2.75 bits per heavy atom. The van der Waals surface area contributed by atoms with Crippen molar-refractivity contribution in [3.8, 4) is 0 Å². The summed E-state index contributed by atoms with van der Waals surface area (Å²) in [5, 5.41) is 21.0. The molecule has 4 aliphatic carbocycles. The first-order valence-corrected chi connectivity index (χ1v) is 9.49. The predicted molar refractivity (Wildman–Crippen MR) is 89.1 cm³/mol. The van der Waals surface area contributed by atoms with E-state index in [1.165, 1.54) is 5.57 Å². The molecular weight excluding hydrogens is 304 g/mol. The summed E-state index contributed by atoms with van der Waals surface area (Å²) < 4.78 is 0. The van der Waals surface area contributed by atoms with Crippen LogP contribution in [0.3, 0.4) is 0 Å². The molecular formula is C20H28O4. The molecule has 6 atom stereocenters. The summed E-state index contributed by atoms with van der Waals surface area (Å²) in [7, 11) is 0. The molecule has 132 valence electrons. The smallest absolute Gasteiger partial charge is 0.161 e. The van der Waals surface area contributed by atoms with Crippen LogP contribution in [-0.2, 0) is 9.59 Å². The summed E-state index contributed by atoms with van der Waals surface area (Å²) in [6.07, 6.45) is 8.39. The number of aliphatic hydroxyl groups excluding tert-OH is 1. The molecule has 0 unspecified atom stereocenters. The van der Waals surface area contributed by atoms with Gasteiger partial charge in [0.1, 0.15) is 6.61 Å². The van der Waals surface area contributed by atoms with Crippen LogP contribution < -0.4 is 0 Å². The fourth-order valence-corrected chi connectivity index (χ4v) is 6.86. The summed E-state index contributed by atoms with van der Waals surface area (Å²) in [6, 6.07) is 0. The number of carbonyl (C=O) groups excluding carboxylic acids is 2. The van der Waals surface area contributed by atoms with Gasteiger partial charge in [0.2, 0.25) is 0 Å². The number of aliphatic hydroxyl groups is 2. The average Bonchev–Trinajstić information content (AvgIpc) is 2.92. The van der Waals surface area contributed by atoms with E-state index in [9.17, 15) is 19.8 Å². The average molecular weight is 332 g/mol. The second-order valence-electron chi connectivity index (χ2n) is 8.78. The minimum atomic E-state index is -0.708. The van der Waals surface area contributed by atoms with Crippen molar-refractivity contribution in [1.82, 2.24) is 0 Å². The highest BCUT2D eigenvalue weighted by Crippen LogP contribution is 2.65. The zero-order chi connectivity index (χ0) is 17.1. The third kappa shape index (κ3) is 2.12. The highest BCUT2D eigenvalue weighted by atomic mass is 16.3. The minimum Gasteiger partial charge on any atom is -0.389 e. The van der Waals surface area contributed by atoms with Crippen LogP contribution in [0.4, 0.5) is 0 Å². The largest absolute Gasteiger partial charge is 0.389 e. The maximum absolute atomic E-state index is 12.2. The summed E-state index contributed by atoms with van der Waals surface area (Å²) in [6.45, 7) is 1.78. The summed E-state index contributed by atoms with van der Waals surface area (Å²) in [5.74, 6) is 0.791. The Hall–Kier alpha value is -1.00. The van der Waals surface area contributed by atoms with Crippen molar-refractivity contribution in [2.75, 3.05) is 6.61 Å². The number of ketones is 2. The molecule has 3 fully saturated rings. The predicted octanol–water partition coefficient (Wildman–Crippen LogP) is 2.42. The van der Waals surface area contributed by atoms with E-state index >= 15 is 0 Å². The monoisotopic (exact) mass is 332 g/mol. The Morgan fingerprint density at radius 1 is 1.21 bits per heavy atom. The van der Waals surface area contributed by atoms with Gasteiger partial charge in [0.05, 0.1) is 5.60 Å². The first-order valence-electron chi connectivity index (χ1n) is 9.49. The molecule has 2 N–H and O–H groups in total. The van der Waals surface area contributed by atoms with Gasteiger partial charge in [-0.3, -0.25) is 9.59 Å². The van der Waals surface area contributed by atoms with Crippen LogP contribution >= 0.6 is 0 Å². The van der Waals surface area contributed by atoms with E-state index in [-0.39, 0.29) is 41.3 Å². The summed E-state index contributed by atoms with van der Waals surface area (Å²) in [5.41, 5.74) is 0.363. The zero-order valence-electron chi connectivity index (χ0n) is 14.5. The third-order valence-electron chi connectivity index (χ3n) is 7.94. The maximum Gasteiger partial charge on any atom is 0.161 e. The van der Waals surface area contributed by atoms with Gasteiger partial charge in [-0.1, -0.05) is 12.5 Å². The third-order valence-corrected chi connectivity index (χ3v) is 7.94. The highest BCUT2D eigenvalue weighted by molar-refractivity contribution is 5.91. The van der Waals surface area contributed by atoms with Crippen molar-refractivity contribution >= 4 is 11.6 Å². The van der Waals surface area contributed by atoms with Crippen LogP contribution in [0, 0.1) is 29.1 Å². The van der Waals surface area contributed by atoms with E-state index in [1.807, 2.05) is 6.08 Å². The lowest BCUT2D eigenvalue weighted by Gasteiger charge is -2.58. The Morgan fingerprint density at radius 2 is 2.00 bits per heavy atom. The molecule has 0 radical (unpaired) electrons. The van der Waals surface area contributed by atoms with Crippen molar-refractivity contribution < 1.29 is 19.8 Å². The molecule has 0 heterocycles. The summed E-state index contributed by atoms with van der Waals surface area (Å²) >= 11 is 0. The fourth-order valence-electron chi connectivity index (χ4n) is 6.86. The molecule has 0 saturated heterocycles. The van der Waals surface area contributed by atoms with Gasteiger partial charge in [-0.05, 0) is 74.2 Å². The molecule has 0 aromatic heterocycles. The van der Waals surface area contributed by atoms with Crippen molar-refractivity contribution in [2.24, 2.45) is 29.1 Å². The molecule has 4 heteroatoms. The van der Waals surface area contributed by atoms with Crippen LogP contribution in [0.25, 0.3) is 0 Å². The van der Waals surface area contributed by atoms with Crippen molar-refractivity contribution in [3.05, 3.63) is 11.6 Å². The van der Waals surface area contributed by atoms with E-state index in [2.05, 4.69) is 6.92 Å². The number of Topliss-reactive ketones (excluding diaryl/α,β-unsaturated/α-hetero) is 1. The van der Waals surface area contributed by atoms with Gasteiger partial charge < -0.3 is 10.2 Å². The second kappa shape index (κ2) is 5.50. The molecule has 0 amide bonds. The van der Waals surface area contributed by atoms with Gasteiger partial charge in [-0.25, -0.2) is 0 Å². The van der Waals surface area contributed by atoms with E-state index < -0.39 is 5.60 Å². The Kier molecular flexibility index (Phi) is 3.77. The molecule has 0 aliphatic heterocycles. The Bertz CT molecular complexity index is 609. The molecule has 4 aliphatic rings. The van der Waals surface area contributed by atoms with Crippen LogP contribution in [0.15, 0.2) is 11.6 Å². The number of carbonyl (C=O) groups is 2. The van der Waals surface area contributed by atoms with E-state index in [4.69, 9.17) is 0 Å².